The molecule has 0 bridgehead atoms. The van der Waals surface area contributed by atoms with E-state index in [1.807, 2.05) is 30.3 Å². The summed E-state index contributed by atoms with van der Waals surface area (Å²) in [7, 11) is 0. The predicted molar refractivity (Wildman–Crippen MR) is 82.2 cm³/mol. The first kappa shape index (κ1) is 13.9. The Kier molecular flexibility index (Phi) is 3.99. The topological polar surface area (TPSA) is 32.3 Å². The van der Waals surface area contributed by atoms with E-state index < -0.39 is 6.10 Å². The molecule has 0 spiro atoms. The number of nitrogens with one attached hydrogen (secondary N) is 1. The molecule has 0 aromatic heterocycles. The van der Waals surface area contributed by atoms with E-state index in [-0.39, 0.29) is 6.04 Å². The maximum Gasteiger partial charge on any atom is 0.0775 e. The van der Waals surface area contributed by atoms with Crippen LogP contribution in [0.25, 0.3) is 0 Å². The number of hydrogen-bond donors (Lipinski definition) is 2. The van der Waals surface area contributed by atoms with Gasteiger partial charge in [0.25, 0.3) is 0 Å². The second-order valence-electron chi connectivity index (χ2n) is 5.03. The summed E-state index contributed by atoms with van der Waals surface area (Å²) in [6.45, 7) is 0.536. The lowest BCUT2D eigenvalue weighted by atomic mass is 10.1. The van der Waals surface area contributed by atoms with Gasteiger partial charge in [-0.15, -0.1) is 0 Å². The van der Waals surface area contributed by atoms with Crippen molar-refractivity contribution < 1.29 is 5.11 Å². The zero-order chi connectivity index (χ0) is 14.1. The van der Waals surface area contributed by atoms with E-state index in [1.54, 1.807) is 0 Å². The third-order valence-electron chi connectivity index (χ3n) is 3.76. The molecule has 0 aliphatic heterocycles. The van der Waals surface area contributed by atoms with Gasteiger partial charge in [-0.25, -0.2) is 0 Å². The highest BCUT2D eigenvalue weighted by Crippen LogP contribution is 2.32. The van der Waals surface area contributed by atoms with Crippen molar-refractivity contribution in [2.24, 2.45) is 0 Å². The van der Waals surface area contributed by atoms with Gasteiger partial charge >= 0.3 is 0 Å². The van der Waals surface area contributed by atoms with E-state index in [2.05, 4.69) is 17.4 Å². The van der Waals surface area contributed by atoms with Gasteiger partial charge in [-0.2, -0.15) is 0 Å². The number of aliphatic hydroxyl groups is 1. The molecule has 4 heteroatoms. The standard InChI is InChI=1S/C16H15Cl2NO/c17-13-6-3-7-14(18)12(13)9-19-16-11-5-2-1-4-10(11)8-15(16)20/h1-7,15-16,19-20H,8-9H2/t15-,16+/m0/s1. The molecule has 2 atom stereocenters. The number of rotatable bonds is 3. The summed E-state index contributed by atoms with van der Waals surface area (Å²) in [5, 5.41) is 14.9. The van der Waals surface area contributed by atoms with Crippen LogP contribution in [0, 0.1) is 0 Å². The summed E-state index contributed by atoms with van der Waals surface area (Å²) in [5.74, 6) is 0. The Morgan fingerprint density at radius 3 is 2.50 bits per heavy atom. The molecular formula is C16H15Cl2NO. The molecule has 0 saturated carbocycles. The first-order valence-corrected chi connectivity index (χ1v) is 7.34. The maximum absolute atomic E-state index is 10.2. The maximum atomic E-state index is 10.2. The van der Waals surface area contributed by atoms with Gasteiger partial charge in [0.05, 0.1) is 12.1 Å². The van der Waals surface area contributed by atoms with Gasteiger partial charge < -0.3 is 10.4 Å². The molecule has 104 valence electrons. The zero-order valence-corrected chi connectivity index (χ0v) is 12.3. The molecule has 2 aromatic carbocycles. The lowest BCUT2D eigenvalue weighted by molar-refractivity contribution is 0.140. The molecule has 2 nitrogen and oxygen atoms in total. The van der Waals surface area contributed by atoms with Crippen LogP contribution in [-0.2, 0) is 13.0 Å². The Bertz CT molecular complexity index is 609. The molecule has 2 N–H and O–H groups in total. The number of fused-ring (bicyclic) bond motifs is 1. The van der Waals surface area contributed by atoms with E-state index in [0.717, 1.165) is 11.1 Å². The average Bonchev–Trinajstić information content (AvgIpc) is 2.74. The van der Waals surface area contributed by atoms with Gasteiger partial charge in [0, 0.05) is 28.6 Å². The predicted octanol–water partition coefficient (Wildman–Crippen LogP) is 3.74. The molecule has 0 unspecified atom stereocenters. The summed E-state index contributed by atoms with van der Waals surface area (Å²) < 4.78 is 0. The molecule has 3 rings (SSSR count). The monoisotopic (exact) mass is 307 g/mol. The lowest BCUT2D eigenvalue weighted by Gasteiger charge is -2.19. The van der Waals surface area contributed by atoms with Crippen molar-refractivity contribution in [2.45, 2.75) is 25.1 Å². The third-order valence-corrected chi connectivity index (χ3v) is 4.47. The van der Waals surface area contributed by atoms with Crippen LogP contribution in [-0.4, -0.2) is 11.2 Å². The number of halogens is 2. The molecule has 20 heavy (non-hydrogen) atoms. The summed E-state index contributed by atoms with van der Waals surface area (Å²) in [4.78, 5) is 0. The minimum Gasteiger partial charge on any atom is -0.391 e. The van der Waals surface area contributed by atoms with Crippen LogP contribution in [0.1, 0.15) is 22.7 Å². The van der Waals surface area contributed by atoms with Crippen molar-refractivity contribution in [2.75, 3.05) is 0 Å². The minimum atomic E-state index is -0.409. The quantitative estimate of drug-likeness (QED) is 0.905. The van der Waals surface area contributed by atoms with Gasteiger partial charge in [-0.1, -0.05) is 53.5 Å². The molecule has 1 aliphatic carbocycles. The van der Waals surface area contributed by atoms with Crippen molar-refractivity contribution in [3.63, 3.8) is 0 Å². The second-order valence-corrected chi connectivity index (χ2v) is 5.84. The fraction of sp³-hybridized carbons (Fsp3) is 0.250. The van der Waals surface area contributed by atoms with Crippen LogP contribution >= 0.6 is 23.2 Å². The number of benzene rings is 2. The second kappa shape index (κ2) is 5.74. The fourth-order valence-corrected chi connectivity index (χ4v) is 3.26. The van der Waals surface area contributed by atoms with E-state index in [1.165, 1.54) is 5.56 Å². The Balaban J connectivity index is 1.79. The number of aliphatic hydroxyl groups excluding tert-OH is 1. The highest BCUT2D eigenvalue weighted by molar-refractivity contribution is 6.35. The summed E-state index contributed by atoms with van der Waals surface area (Å²) >= 11 is 12.3. The van der Waals surface area contributed by atoms with Gasteiger partial charge in [-0.05, 0) is 23.3 Å². The Morgan fingerprint density at radius 1 is 1.05 bits per heavy atom. The molecule has 0 heterocycles. The van der Waals surface area contributed by atoms with E-state index >= 15 is 0 Å². The highest BCUT2D eigenvalue weighted by atomic mass is 35.5. The number of hydrogen-bond acceptors (Lipinski definition) is 2. The SMILES string of the molecule is O[C@H]1Cc2ccccc2[C@H]1NCc1c(Cl)cccc1Cl. The average molecular weight is 308 g/mol. The van der Waals surface area contributed by atoms with Crippen molar-refractivity contribution in [3.8, 4) is 0 Å². The largest absolute Gasteiger partial charge is 0.391 e. The van der Waals surface area contributed by atoms with E-state index in [9.17, 15) is 5.11 Å². The van der Waals surface area contributed by atoms with Crippen molar-refractivity contribution >= 4 is 23.2 Å². The minimum absolute atomic E-state index is 0.0708. The summed E-state index contributed by atoms with van der Waals surface area (Å²) in [5.41, 5.74) is 3.22. The molecule has 0 amide bonds. The summed E-state index contributed by atoms with van der Waals surface area (Å²) in [6.07, 6.45) is 0.276. The first-order valence-electron chi connectivity index (χ1n) is 6.59. The van der Waals surface area contributed by atoms with Gasteiger partial charge in [0.2, 0.25) is 0 Å². The highest BCUT2D eigenvalue weighted by Gasteiger charge is 2.30. The van der Waals surface area contributed by atoms with Crippen molar-refractivity contribution in [1.82, 2.24) is 5.32 Å². The normalized spacial score (nSPS) is 20.9. The molecule has 2 aromatic rings. The smallest absolute Gasteiger partial charge is 0.0775 e. The van der Waals surface area contributed by atoms with Crippen LogP contribution in [0.2, 0.25) is 10.0 Å². The first-order chi connectivity index (χ1) is 9.66. The van der Waals surface area contributed by atoms with E-state index in [0.29, 0.717) is 23.0 Å². The molecule has 0 fully saturated rings. The lowest BCUT2D eigenvalue weighted by Crippen LogP contribution is -2.28. The van der Waals surface area contributed by atoms with Crippen LogP contribution < -0.4 is 5.32 Å². The van der Waals surface area contributed by atoms with Crippen LogP contribution in [0.4, 0.5) is 0 Å². The third kappa shape index (κ3) is 2.57. The van der Waals surface area contributed by atoms with Crippen molar-refractivity contribution in [1.29, 1.82) is 0 Å². The van der Waals surface area contributed by atoms with Gasteiger partial charge in [0.15, 0.2) is 0 Å². The van der Waals surface area contributed by atoms with Gasteiger partial charge in [0.1, 0.15) is 0 Å². The molecular weight excluding hydrogens is 293 g/mol. The van der Waals surface area contributed by atoms with Crippen molar-refractivity contribution in [3.05, 3.63) is 69.2 Å². The van der Waals surface area contributed by atoms with Gasteiger partial charge in [-0.3, -0.25) is 0 Å². The molecule has 1 aliphatic rings. The Labute approximate surface area is 128 Å². The van der Waals surface area contributed by atoms with Crippen LogP contribution in [0.5, 0.6) is 0 Å². The molecule has 0 radical (unpaired) electrons. The van der Waals surface area contributed by atoms with E-state index in [4.69, 9.17) is 23.2 Å². The van der Waals surface area contributed by atoms with Crippen LogP contribution in [0.3, 0.4) is 0 Å². The Morgan fingerprint density at radius 2 is 1.75 bits per heavy atom. The van der Waals surface area contributed by atoms with Crippen LogP contribution in [0.15, 0.2) is 42.5 Å². The Hall–Kier alpha value is -1.06. The fourth-order valence-electron chi connectivity index (χ4n) is 2.73. The zero-order valence-electron chi connectivity index (χ0n) is 10.8. The summed E-state index contributed by atoms with van der Waals surface area (Å²) in [6, 6.07) is 13.5. The molecule has 0 saturated heterocycles.